The van der Waals surface area contributed by atoms with Crippen LogP contribution in [0, 0.1) is 0 Å². The molecule has 5 nitrogen and oxygen atoms in total. The molecule has 0 aliphatic carbocycles. The minimum Gasteiger partial charge on any atom is -0.358 e. The molecule has 0 aromatic carbocycles. The molecule has 0 atom stereocenters. The van der Waals surface area contributed by atoms with Crippen molar-refractivity contribution in [3.8, 4) is 22.5 Å². The molecular weight excluding hydrogens is 324 g/mol. The maximum Gasteiger partial charge on any atom is 0.253 e. The van der Waals surface area contributed by atoms with E-state index in [1.54, 1.807) is 0 Å². The Hall–Kier alpha value is -2.95. The fourth-order valence-corrected chi connectivity index (χ4v) is 3.35. The Kier molecular flexibility index (Phi) is 4.52. The molecule has 1 aliphatic heterocycles. The van der Waals surface area contributed by atoms with Crippen molar-refractivity contribution in [3.63, 3.8) is 0 Å². The zero-order chi connectivity index (χ0) is 17.9. The average molecular weight is 346 g/mol. The molecule has 0 saturated carbocycles. The van der Waals surface area contributed by atoms with Crippen LogP contribution in [0.5, 0.6) is 0 Å². The van der Waals surface area contributed by atoms with Crippen molar-refractivity contribution in [2.75, 3.05) is 6.54 Å². The van der Waals surface area contributed by atoms with Crippen molar-refractivity contribution in [1.29, 1.82) is 0 Å². The van der Waals surface area contributed by atoms with Gasteiger partial charge in [0.15, 0.2) is 0 Å². The topological polar surface area (TPSA) is 70.7 Å². The van der Waals surface area contributed by atoms with Crippen LogP contribution >= 0.6 is 0 Å². The Morgan fingerprint density at radius 1 is 1.15 bits per heavy atom. The minimum atomic E-state index is -0.00384. The molecule has 1 aliphatic rings. The second kappa shape index (κ2) is 7.12. The number of rotatable bonds is 5. The van der Waals surface area contributed by atoms with Crippen LogP contribution in [-0.2, 0) is 12.8 Å². The van der Waals surface area contributed by atoms with E-state index in [1.807, 2.05) is 30.7 Å². The van der Waals surface area contributed by atoms with Gasteiger partial charge in [-0.05, 0) is 42.7 Å². The van der Waals surface area contributed by atoms with Crippen molar-refractivity contribution in [1.82, 2.24) is 20.3 Å². The molecule has 1 amide bonds. The van der Waals surface area contributed by atoms with Gasteiger partial charge >= 0.3 is 0 Å². The summed E-state index contributed by atoms with van der Waals surface area (Å²) in [6.45, 7) is 2.88. The van der Waals surface area contributed by atoms with Crippen molar-refractivity contribution < 1.29 is 4.79 Å². The van der Waals surface area contributed by atoms with Crippen LogP contribution in [0.25, 0.3) is 22.5 Å². The van der Waals surface area contributed by atoms with Crippen LogP contribution in [0.1, 0.15) is 41.4 Å². The summed E-state index contributed by atoms with van der Waals surface area (Å²) >= 11 is 0. The lowest BCUT2D eigenvalue weighted by Crippen LogP contribution is -2.31. The van der Waals surface area contributed by atoms with Gasteiger partial charge < -0.3 is 10.3 Å². The van der Waals surface area contributed by atoms with Gasteiger partial charge in [0, 0.05) is 54.1 Å². The first kappa shape index (κ1) is 16.5. The van der Waals surface area contributed by atoms with Gasteiger partial charge in [-0.25, -0.2) is 0 Å². The molecule has 0 unspecified atom stereocenters. The molecule has 3 aromatic heterocycles. The summed E-state index contributed by atoms with van der Waals surface area (Å²) in [7, 11) is 0. The lowest BCUT2D eigenvalue weighted by Gasteiger charge is -2.11. The molecule has 0 saturated heterocycles. The lowest BCUT2D eigenvalue weighted by atomic mass is 10.0. The summed E-state index contributed by atoms with van der Waals surface area (Å²) in [5.41, 5.74) is 6.88. The Morgan fingerprint density at radius 3 is 2.92 bits per heavy atom. The number of amides is 1. The smallest absolute Gasteiger partial charge is 0.253 e. The number of nitrogens with one attached hydrogen (secondary N) is 2. The van der Waals surface area contributed by atoms with Crippen LogP contribution in [0.2, 0.25) is 0 Å². The highest BCUT2D eigenvalue weighted by molar-refractivity contribution is 5.97. The van der Waals surface area contributed by atoms with Crippen LogP contribution in [0.15, 0.2) is 42.9 Å². The number of hydrogen-bond acceptors (Lipinski definition) is 3. The Labute approximate surface area is 152 Å². The first-order valence-electron chi connectivity index (χ1n) is 9.15. The highest BCUT2D eigenvalue weighted by Crippen LogP contribution is 2.27. The molecule has 4 heterocycles. The largest absolute Gasteiger partial charge is 0.358 e. The van der Waals surface area contributed by atoms with E-state index in [9.17, 15) is 4.79 Å². The maximum absolute atomic E-state index is 12.0. The predicted molar refractivity (Wildman–Crippen MR) is 102 cm³/mol. The molecule has 0 fully saturated rings. The van der Waals surface area contributed by atoms with E-state index < -0.39 is 0 Å². The number of carbonyl (C=O) groups excluding carboxylic acids is 1. The van der Waals surface area contributed by atoms with Crippen molar-refractivity contribution in [2.24, 2.45) is 0 Å². The monoisotopic (exact) mass is 346 g/mol. The highest BCUT2D eigenvalue weighted by atomic mass is 16.1. The maximum atomic E-state index is 12.0. The Balaban J connectivity index is 1.66. The van der Waals surface area contributed by atoms with Crippen molar-refractivity contribution in [3.05, 3.63) is 59.7 Å². The van der Waals surface area contributed by atoms with Gasteiger partial charge in [-0.3, -0.25) is 14.8 Å². The van der Waals surface area contributed by atoms with Crippen LogP contribution in [-0.4, -0.2) is 27.4 Å². The number of hydrogen-bond donors (Lipinski definition) is 2. The van der Waals surface area contributed by atoms with E-state index in [-0.39, 0.29) is 5.91 Å². The SMILES string of the molecule is CCCCc1cncc(-c2cc(-c3cc4c([nH]3)CCNC4=O)ccn2)c1. The van der Waals surface area contributed by atoms with Crippen molar-refractivity contribution in [2.45, 2.75) is 32.6 Å². The summed E-state index contributed by atoms with van der Waals surface area (Å²) in [5.74, 6) is -0.00384. The predicted octanol–water partition coefficient (Wildman–Crippen LogP) is 3.77. The molecule has 26 heavy (non-hydrogen) atoms. The van der Waals surface area contributed by atoms with E-state index in [0.29, 0.717) is 6.54 Å². The number of pyridine rings is 2. The minimum absolute atomic E-state index is 0.00384. The van der Waals surface area contributed by atoms with Crippen LogP contribution in [0.4, 0.5) is 0 Å². The number of aryl methyl sites for hydroxylation is 1. The molecule has 0 radical (unpaired) electrons. The van der Waals surface area contributed by atoms with E-state index in [4.69, 9.17) is 0 Å². The third-order valence-corrected chi connectivity index (χ3v) is 4.79. The number of aromatic nitrogens is 3. The second-order valence-electron chi connectivity index (χ2n) is 6.70. The molecular formula is C21H22N4O. The van der Waals surface area contributed by atoms with Crippen molar-refractivity contribution >= 4 is 5.91 Å². The van der Waals surface area contributed by atoms with Gasteiger partial charge in [-0.1, -0.05) is 13.3 Å². The Bertz CT molecular complexity index is 945. The molecule has 5 heteroatoms. The summed E-state index contributed by atoms with van der Waals surface area (Å²) in [6.07, 6.45) is 9.80. The summed E-state index contributed by atoms with van der Waals surface area (Å²) < 4.78 is 0. The molecule has 132 valence electrons. The lowest BCUT2D eigenvalue weighted by molar-refractivity contribution is 0.0946. The van der Waals surface area contributed by atoms with Gasteiger partial charge in [-0.2, -0.15) is 0 Å². The number of H-pyrrole nitrogens is 1. The normalized spacial score (nSPS) is 13.3. The van der Waals surface area contributed by atoms with E-state index in [1.165, 1.54) is 12.0 Å². The number of fused-ring (bicyclic) bond motifs is 1. The zero-order valence-corrected chi connectivity index (χ0v) is 14.9. The summed E-state index contributed by atoms with van der Waals surface area (Å²) in [4.78, 5) is 24.3. The zero-order valence-electron chi connectivity index (χ0n) is 14.9. The van der Waals surface area contributed by atoms with Gasteiger partial charge in [0.1, 0.15) is 0 Å². The van der Waals surface area contributed by atoms with Gasteiger partial charge in [0.05, 0.1) is 11.3 Å². The van der Waals surface area contributed by atoms with Gasteiger partial charge in [-0.15, -0.1) is 0 Å². The molecule has 0 bridgehead atoms. The number of nitrogens with zero attached hydrogens (tertiary/aromatic N) is 2. The summed E-state index contributed by atoms with van der Waals surface area (Å²) in [6, 6.07) is 8.11. The van der Waals surface area contributed by atoms with E-state index in [2.05, 4.69) is 39.3 Å². The second-order valence-corrected chi connectivity index (χ2v) is 6.70. The van der Waals surface area contributed by atoms with Gasteiger partial charge in [0.2, 0.25) is 0 Å². The quantitative estimate of drug-likeness (QED) is 0.739. The molecule has 3 aromatic rings. The average Bonchev–Trinajstić information content (AvgIpc) is 3.13. The Morgan fingerprint density at radius 2 is 2.08 bits per heavy atom. The van der Waals surface area contributed by atoms with E-state index in [0.717, 1.165) is 53.0 Å². The molecule has 2 N–H and O–H groups in total. The number of unbranched alkanes of at least 4 members (excludes halogenated alkanes) is 1. The highest BCUT2D eigenvalue weighted by Gasteiger charge is 2.20. The van der Waals surface area contributed by atoms with Crippen LogP contribution in [0.3, 0.4) is 0 Å². The third kappa shape index (κ3) is 3.25. The van der Waals surface area contributed by atoms with Gasteiger partial charge in [0.25, 0.3) is 5.91 Å². The standard InChI is InChI=1S/C21H22N4O/c1-2-3-4-14-9-16(13-22-12-14)19-10-15(5-7-23-19)20-11-17-18(25-20)6-8-24-21(17)26/h5,7,9-13,25H,2-4,6,8H2,1H3,(H,24,26). The summed E-state index contributed by atoms with van der Waals surface area (Å²) in [5, 5.41) is 2.88. The molecule has 4 rings (SSSR count). The third-order valence-electron chi connectivity index (χ3n) is 4.79. The van der Waals surface area contributed by atoms with E-state index >= 15 is 0 Å². The first-order chi connectivity index (χ1) is 12.7. The number of aromatic amines is 1. The number of carbonyl (C=O) groups is 1. The van der Waals surface area contributed by atoms with Crippen LogP contribution < -0.4 is 5.32 Å². The first-order valence-corrected chi connectivity index (χ1v) is 9.15. The molecule has 0 spiro atoms. The fraction of sp³-hybridized carbons (Fsp3) is 0.286. The fourth-order valence-electron chi connectivity index (χ4n) is 3.35.